The molecular formula is C10H10O4. The van der Waals surface area contributed by atoms with Crippen molar-refractivity contribution in [3.63, 3.8) is 0 Å². The van der Waals surface area contributed by atoms with Crippen molar-refractivity contribution in [2.24, 2.45) is 0 Å². The number of ether oxygens (including phenoxy) is 1. The Labute approximate surface area is 80.4 Å². The van der Waals surface area contributed by atoms with Crippen LogP contribution in [0.15, 0.2) is 26.0 Å². The minimum Gasteiger partial charge on any atom is -0.463 e. The zero-order chi connectivity index (χ0) is 10.1. The molecule has 2 aliphatic rings. The molecule has 0 fully saturated rings. The van der Waals surface area contributed by atoms with Gasteiger partial charge in [0.2, 0.25) is 0 Å². The fraction of sp³-hybridized carbons (Fsp3) is 0.300. The molecule has 14 heavy (non-hydrogen) atoms. The van der Waals surface area contributed by atoms with Crippen LogP contribution >= 0.6 is 0 Å². The van der Waals surface area contributed by atoms with Crippen LogP contribution in [-0.4, -0.2) is 7.11 Å². The molecular weight excluding hydrogens is 184 g/mol. The number of fused-ring (bicyclic) bond motifs is 1. The third kappa shape index (κ3) is 1.24. The van der Waals surface area contributed by atoms with Gasteiger partial charge in [-0.3, -0.25) is 0 Å². The Morgan fingerprint density at radius 3 is 3.00 bits per heavy atom. The summed E-state index contributed by atoms with van der Waals surface area (Å²) in [7, 11) is 1.56. The van der Waals surface area contributed by atoms with Gasteiger partial charge in [-0.25, -0.2) is 4.79 Å². The van der Waals surface area contributed by atoms with E-state index in [4.69, 9.17) is 13.6 Å². The summed E-state index contributed by atoms with van der Waals surface area (Å²) in [6.45, 7) is 2.02. The highest BCUT2D eigenvalue weighted by Gasteiger charge is 2.19. The van der Waals surface area contributed by atoms with Gasteiger partial charge >= 0.3 is 5.63 Å². The molecule has 0 saturated carbocycles. The van der Waals surface area contributed by atoms with Crippen LogP contribution < -0.4 is 5.63 Å². The highest BCUT2D eigenvalue weighted by atomic mass is 16.5. The number of hydrogen-bond donors (Lipinski definition) is 0. The maximum atomic E-state index is 11.2. The van der Waals surface area contributed by atoms with E-state index in [0.717, 1.165) is 5.56 Å². The number of rotatable bonds is 2. The highest BCUT2D eigenvalue weighted by Crippen LogP contribution is 2.27. The van der Waals surface area contributed by atoms with Gasteiger partial charge in [-0.15, -0.1) is 0 Å². The van der Waals surface area contributed by atoms with Crippen molar-refractivity contribution in [3.05, 3.63) is 34.1 Å². The predicted molar refractivity (Wildman–Crippen MR) is 49.3 cm³/mol. The second-order valence-electron chi connectivity index (χ2n) is 3.03. The third-order valence-corrected chi connectivity index (χ3v) is 2.12. The SMILES string of the molecule is COCc1occc2c(C)c(=O)oc1-2. The lowest BCUT2D eigenvalue weighted by Crippen LogP contribution is -1.93. The van der Waals surface area contributed by atoms with Crippen LogP contribution in [0.25, 0.3) is 11.3 Å². The Bertz CT molecular complexity index is 466. The minimum atomic E-state index is -0.321. The van der Waals surface area contributed by atoms with Crippen LogP contribution in [-0.2, 0) is 11.3 Å². The summed E-state index contributed by atoms with van der Waals surface area (Å²) in [4.78, 5) is 11.2. The van der Waals surface area contributed by atoms with Crippen molar-refractivity contribution in [1.29, 1.82) is 0 Å². The monoisotopic (exact) mass is 194 g/mol. The molecule has 2 aliphatic heterocycles. The Morgan fingerprint density at radius 1 is 1.50 bits per heavy atom. The van der Waals surface area contributed by atoms with Crippen LogP contribution in [0.5, 0.6) is 0 Å². The molecule has 0 aromatic carbocycles. The lowest BCUT2D eigenvalue weighted by molar-refractivity contribution is 0.160. The zero-order valence-corrected chi connectivity index (χ0v) is 7.99. The molecule has 0 radical (unpaired) electrons. The quantitative estimate of drug-likeness (QED) is 0.731. The summed E-state index contributed by atoms with van der Waals surface area (Å²) in [5.74, 6) is 1.02. The molecule has 0 unspecified atom stereocenters. The second kappa shape index (κ2) is 3.31. The van der Waals surface area contributed by atoms with Gasteiger partial charge in [-0.1, -0.05) is 0 Å². The van der Waals surface area contributed by atoms with Crippen LogP contribution in [0.4, 0.5) is 0 Å². The molecule has 0 aromatic heterocycles. The van der Waals surface area contributed by atoms with Crippen molar-refractivity contribution >= 4 is 0 Å². The van der Waals surface area contributed by atoms with Crippen LogP contribution in [0.3, 0.4) is 0 Å². The van der Waals surface area contributed by atoms with E-state index < -0.39 is 0 Å². The first-order valence-electron chi connectivity index (χ1n) is 4.22. The van der Waals surface area contributed by atoms with Crippen LogP contribution in [0.2, 0.25) is 0 Å². The average Bonchev–Trinajstić information content (AvgIpc) is 2.46. The minimum absolute atomic E-state index is 0.295. The van der Waals surface area contributed by atoms with E-state index in [9.17, 15) is 4.79 Å². The van der Waals surface area contributed by atoms with Crippen molar-refractivity contribution in [1.82, 2.24) is 0 Å². The average molecular weight is 194 g/mol. The molecule has 0 aromatic rings. The molecule has 0 aliphatic carbocycles. The van der Waals surface area contributed by atoms with Crippen molar-refractivity contribution < 1.29 is 13.6 Å². The van der Waals surface area contributed by atoms with E-state index in [1.165, 1.54) is 6.26 Å². The fourth-order valence-electron chi connectivity index (χ4n) is 1.38. The maximum absolute atomic E-state index is 11.2. The Morgan fingerprint density at radius 2 is 2.29 bits per heavy atom. The molecule has 4 nitrogen and oxygen atoms in total. The third-order valence-electron chi connectivity index (χ3n) is 2.12. The summed E-state index contributed by atoms with van der Waals surface area (Å²) in [5, 5.41) is 0. The van der Waals surface area contributed by atoms with Gasteiger partial charge in [0.05, 0.1) is 6.26 Å². The molecule has 4 heteroatoms. The van der Waals surface area contributed by atoms with E-state index in [-0.39, 0.29) is 5.63 Å². The molecule has 2 rings (SSSR count). The molecule has 0 N–H and O–H groups in total. The molecule has 74 valence electrons. The number of furan rings is 1. The normalized spacial score (nSPS) is 11.0. The Kier molecular flexibility index (Phi) is 2.13. The summed E-state index contributed by atoms with van der Waals surface area (Å²) in [6, 6.07) is 1.72. The van der Waals surface area contributed by atoms with Gasteiger partial charge in [-0.05, 0) is 13.0 Å². The summed E-state index contributed by atoms with van der Waals surface area (Å²) in [6.07, 6.45) is 1.53. The van der Waals surface area contributed by atoms with E-state index >= 15 is 0 Å². The van der Waals surface area contributed by atoms with E-state index in [2.05, 4.69) is 0 Å². The molecule has 2 heterocycles. The first-order chi connectivity index (χ1) is 6.74. The standard InChI is InChI=1S/C10H10O4/c1-6-7-3-4-13-8(5-12-2)9(7)14-10(6)11/h3-4H,5H2,1-2H3. The molecule has 0 saturated heterocycles. The highest BCUT2D eigenvalue weighted by molar-refractivity contribution is 5.63. The molecule has 0 spiro atoms. The smallest absolute Gasteiger partial charge is 0.340 e. The van der Waals surface area contributed by atoms with Crippen LogP contribution in [0, 0.1) is 6.92 Å². The summed E-state index contributed by atoms with van der Waals surface area (Å²) in [5.41, 5.74) is 1.07. The van der Waals surface area contributed by atoms with Crippen LogP contribution in [0.1, 0.15) is 11.3 Å². The fourth-order valence-corrected chi connectivity index (χ4v) is 1.38. The maximum Gasteiger partial charge on any atom is 0.340 e. The van der Waals surface area contributed by atoms with Gasteiger partial charge in [-0.2, -0.15) is 0 Å². The van der Waals surface area contributed by atoms with Crippen molar-refractivity contribution in [3.8, 4) is 11.3 Å². The second-order valence-corrected chi connectivity index (χ2v) is 3.03. The van der Waals surface area contributed by atoms with Gasteiger partial charge in [0.15, 0.2) is 11.5 Å². The zero-order valence-electron chi connectivity index (χ0n) is 7.99. The van der Waals surface area contributed by atoms with Crippen molar-refractivity contribution in [2.45, 2.75) is 13.5 Å². The van der Waals surface area contributed by atoms with Gasteiger partial charge in [0.1, 0.15) is 6.61 Å². The van der Waals surface area contributed by atoms with Gasteiger partial charge in [0, 0.05) is 18.2 Å². The first kappa shape index (κ1) is 9.02. The van der Waals surface area contributed by atoms with E-state index in [1.54, 1.807) is 20.1 Å². The van der Waals surface area contributed by atoms with E-state index in [1.807, 2.05) is 0 Å². The largest absolute Gasteiger partial charge is 0.463 e. The summed E-state index contributed by atoms with van der Waals surface area (Å²) >= 11 is 0. The van der Waals surface area contributed by atoms with Crippen molar-refractivity contribution in [2.75, 3.05) is 7.11 Å². The summed E-state index contributed by atoms with van der Waals surface area (Å²) < 4.78 is 15.2. The van der Waals surface area contributed by atoms with E-state index in [0.29, 0.717) is 23.7 Å². The lowest BCUT2D eigenvalue weighted by Gasteiger charge is -2.02. The Hall–Kier alpha value is -1.55. The first-order valence-corrected chi connectivity index (χ1v) is 4.22. The lowest BCUT2D eigenvalue weighted by atomic mass is 10.1. The number of methoxy groups -OCH3 is 1. The van der Waals surface area contributed by atoms with Gasteiger partial charge in [0.25, 0.3) is 0 Å². The molecule has 0 amide bonds. The number of hydrogen-bond acceptors (Lipinski definition) is 4. The predicted octanol–water partition coefficient (Wildman–Crippen LogP) is 1.79. The van der Waals surface area contributed by atoms with Gasteiger partial charge < -0.3 is 13.6 Å². The molecule has 0 bridgehead atoms. The molecule has 0 atom stereocenters. The Balaban J connectivity index is 2.65. The topological polar surface area (TPSA) is 52.6 Å².